The SMILES string of the molecule is OC(c1ccc(F)c(Cl)c1)c1cccc2cnccc12. The summed E-state index contributed by atoms with van der Waals surface area (Å²) in [5, 5.41) is 12.4. The lowest BCUT2D eigenvalue weighted by molar-refractivity contribution is 0.222. The maximum Gasteiger partial charge on any atom is 0.141 e. The summed E-state index contributed by atoms with van der Waals surface area (Å²) in [5.74, 6) is -0.496. The van der Waals surface area contributed by atoms with Crippen molar-refractivity contribution in [2.75, 3.05) is 0 Å². The lowest BCUT2D eigenvalue weighted by Crippen LogP contribution is -2.01. The Morgan fingerprint density at radius 2 is 2.00 bits per heavy atom. The van der Waals surface area contributed by atoms with E-state index in [1.165, 1.54) is 18.2 Å². The van der Waals surface area contributed by atoms with Crippen molar-refractivity contribution in [2.24, 2.45) is 0 Å². The molecular weight excluding hydrogens is 277 g/mol. The lowest BCUT2D eigenvalue weighted by Gasteiger charge is -2.14. The molecule has 1 aromatic heterocycles. The maximum atomic E-state index is 13.2. The third kappa shape index (κ3) is 2.26. The molecule has 1 unspecified atom stereocenters. The molecule has 2 aromatic carbocycles. The molecule has 20 heavy (non-hydrogen) atoms. The van der Waals surface area contributed by atoms with Gasteiger partial charge >= 0.3 is 0 Å². The summed E-state index contributed by atoms with van der Waals surface area (Å²) >= 11 is 5.77. The van der Waals surface area contributed by atoms with Crippen LogP contribution in [0.2, 0.25) is 5.02 Å². The molecule has 1 atom stereocenters. The second-order valence-electron chi connectivity index (χ2n) is 4.52. The molecular formula is C16H11ClFNO. The number of rotatable bonds is 2. The first-order valence-electron chi connectivity index (χ1n) is 6.12. The molecule has 0 amide bonds. The van der Waals surface area contributed by atoms with Crippen molar-refractivity contribution >= 4 is 22.4 Å². The number of hydrogen-bond donors (Lipinski definition) is 1. The third-order valence-corrected chi connectivity index (χ3v) is 3.56. The predicted molar refractivity (Wildman–Crippen MR) is 77.2 cm³/mol. The monoisotopic (exact) mass is 287 g/mol. The largest absolute Gasteiger partial charge is 0.384 e. The summed E-state index contributed by atoms with van der Waals surface area (Å²) in [5.41, 5.74) is 1.30. The molecule has 3 aromatic rings. The van der Waals surface area contributed by atoms with E-state index in [1.807, 2.05) is 24.3 Å². The van der Waals surface area contributed by atoms with Crippen molar-refractivity contribution in [1.29, 1.82) is 0 Å². The molecule has 1 N–H and O–H groups in total. The smallest absolute Gasteiger partial charge is 0.141 e. The number of pyridine rings is 1. The van der Waals surface area contributed by atoms with Crippen molar-refractivity contribution in [3.63, 3.8) is 0 Å². The Balaban J connectivity index is 2.12. The van der Waals surface area contributed by atoms with Crippen LogP contribution in [0.25, 0.3) is 10.8 Å². The van der Waals surface area contributed by atoms with Crippen LogP contribution in [0.1, 0.15) is 17.2 Å². The van der Waals surface area contributed by atoms with Crippen molar-refractivity contribution < 1.29 is 9.50 Å². The first-order valence-corrected chi connectivity index (χ1v) is 6.50. The molecule has 0 aliphatic carbocycles. The normalized spacial score (nSPS) is 12.6. The average Bonchev–Trinajstić information content (AvgIpc) is 2.49. The van der Waals surface area contributed by atoms with Gasteiger partial charge in [-0.05, 0) is 34.7 Å². The quantitative estimate of drug-likeness (QED) is 0.769. The first kappa shape index (κ1) is 13.0. The van der Waals surface area contributed by atoms with Crippen molar-refractivity contribution in [3.05, 3.63) is 76.8 Å². The zero-order valence-corrected chi connectivity index (χ0v) is 11.2. The van der Waals surface area contributed by atoms with Gasteiger partial charge in [0.05, 0.1) is 5.02 Å². The zero-order valence-electron chi connectivity index (χ0n) is 10.4. The van der Waals surface area contributed by atoms with E-state index in [0.29, 0.717) is 5.56 Å². The van der Waals surface area contributed by atoms with Crippen molar-refractivity contribution in [1.82, 2.24) is 4.98 Å². The summed E-state index contributed by atoms with van der Waals surface area (Å²) < 4.78 is 13.2. The Bertz CT molecular complexity index is 770. The highest BCUT2D eigenvalue weighted by molar-refractivity contribution is 6.30. The van der Waals surface area contributed by atoms with Gasteiger partial charge in [-0.1, -0.05) is 35.9 Å². The van der Waals surface area contributed by atoms with Gasteiger partial charge in [0.15, 0.2) is 0 Å². The van der Waals surface area contributed by atoms with Gasteiger partial charge in [-0.15, -0.1) is 0 Å². The molecule has 0 bridgehead atoms. The molecule has 0 fully saturated rings. The molecule has 100 valence electrons. The Morgan fingerprint density at radius 1 is 1.15 bits per heavy atom. The van der Waals surface area contributed by atoms with E-state index in [-0.39, 0.29) is 5.02 Å². The molecule has 0 saturated heterocycles. The first-order chi connectivity index (χ1) is 9.66. The highest BCUT2D eigenvalue weighted by atomic mass is 35.5. The number of aliphatic hydroxyl groups excluding tert-OH is 1. The Hall–Kier alpha value is -1.97. The molecule has 0 radical (unpaired) electrons. The fourth-order valence-corrected chi connectivity index (χ4v) is 2.44. The molecule has 0 aliphatic heterocycles. The van der Waals surface area contributed by atoms with Crippen LogP contribution in [0, 0.1) is 5.82 Å². The Labute approximate surface area is 120 Å². The highest BCUT2D eigenvalue weighted by Crippen LogP contribution is 2.30. The minimum atomic E-state index is -0.862. The van der Waals surface area contributed by atoms with E-state index < -0.39 is 11.9 Å². The van der Waals surface area contributed by atoms with Gasteiger partial charge < -0.3 is 5.11 Å². The number of aromatic nitrogens is 1. The molecule has 0 spiro atoms. The second-order valence-corrected chi connectivity index (χ2v) is 4.93. The lowest BCUT2D eigenvalue weighted by atomic mass is 9.97. The van der Waals surface area contributed by atoms with Gasteiger partial charge in [-0.3, -0.25) is 4.98 Å². The predicted octanol–water partition coefficient (Wildman–Crippen LogP) is 4.11. The van der Waals surface area contributed by atoms with Crippen molar-refractivity contribution in [3.8, 4) is 0 Å². The number of fused-ring (bicyclic) bond motifs is 1. The van der Waals surface area contributed by atoms with Gasteiger partial charge in [0.1, 0.15) is 11.9 Å². The van der Waals surface area contributed by atoms with Gasteiger partial charge in [0.25, 0.3) is 0 Å². The molecule has 2 nitrogen and oxygen atoms in total. The summed E-state index contributed by atoms with van der Waals surface area (Å²) in [6.45, 7) is 0. The van der Waals surface area contributed by atoms with E-state index in [9.17, 15) is 9.50 Å². The summed E-state index contributed by atoms with van der Waals surface area (Å²) in [4.78, 5) is 4.06. The van der Waals surface area contributed by atoms with Crippen LogP contribution in [-0.2, 0) is 0 Å². The van der Waals surface area contributed by atoms with Gasteiger partial charge in [-0.25, -0.2) is 4.39 Å². The van der Waals surface area contributed by atoms with Crippen LogP contribution in [0.15, 0.2) is 54.9 Å². The maximum absolute atomic E-state index is 13.2. The van der Waals surface area contributed by atoms with E-state index in [0.717, 1.165) is 16.3 Å². The molecule has 4 heteroatoms. The van der Waals surface area contributed by atoms with Crippen LogP contribution in [0.4, 0.5) is 4.39 Å². The average molecular weight is 288 g/mol. The highest BCUT2D eigenvalue weighted by Gasteiger charge is 2.14. The van der Waals surface area contributed by atoms with Gasteiger partial charge in [0.2, 0.25) is 0 Å². The van der Waals surface area contributed by atoms with E-state index in [1.54, 1.807) is 12.4 Å². The standard InChI is InChI=1S/C16H11ClFNO/c17-14-8-10(4-5-15(14)18)16(20)13-3-1-2-11-9-19-7-6-12(11)13/h1-9,16,20H. The van der Waals surface area contributed by atoms with Crippen LogP contribution in [0.5, 0.6) is 0 Å². The Kier molecular flexibility index (Phi) is 3.38. The number of nitrogens with zero attached hydrogens (tertiary/aromatic N) is 1. The third-order valence-electron chi connectivity index (χ3n) is 3.27. The number of halogens is 2. The Morgan fingerprint density at radius 3 is 2.80 bits per heavy atom. The molecule has 0 saturated carbocycles. The molecule has 1 heterocycles. The summed E-state index contributed by atoms with van der Waals surface area (Å²) in [6, 6.07) is 11.7. The van der Waals surface area contributed by atoms with Gasteiger partial charge in [0, 0.05) is 17.8 Å². The van der Waals surface area contributed by atoms with E-state index in [4.69, 9.17) is 11.6 Å². The second kappa shape index (κ2) is 5.19. The van der Waals surface area contributed by atoms with Crippen LogP contribution >= 0.6 is 11.6 Å². The minimum Gasteiger partial charge on any atom is -0.384 e. The number of benzene rings is 2. The van der Waals surface area contributed by atoms with Gasteiger partial charge in [-0.2, -0.15) is 0 Å². The van der Waals surface area contributed by atoms with Crippen molar-refractivity contribution in [2.45, 2.75) is 6.10 Å². The van der Waals surface area contributed by atoms with Crippen LogP contribution < -0.4 is 0 Å². The minimum absolute atomic E-state index is 0.00320. The van der Waals surface area contributed by atoms with E-state index in [2.05, 4.69) is 4.98 Å². The topological polar surface area (TPSA) is 33.1 Å². The van der Waals surface area contributed by atoms with Crippen LogP contribution in [0.3, 0.4) is 0 Å². The van der Waals surface area contributed by atoms with Crippen LogP contribution in [-0.4, -0.2) is 10.1 Å². The molecule has 3 rings (SSSR count). The summed E-state index contributed by atoms with van der Waals surface area (Å²) in [7, 11) is 0. The fraction of sp³-hybridized carbons (Fsp3) is 0.0625. The summed E-state index contributed by atoms with van der Waals surface area (Å²) in [6.07, 6.45) is 2.55. The number of aliphatic hydroxyl groups is 1. The van der Waals surface area contributed by atoms with E-state index >= 15 is 0 Å². The molecule has 0 aliphatic rings. The fourth-order valence-electron chi connectivity index (χ4n) is 2.25. The zero-order chi connectivity index (χ0) is 14.1. The number of hydrogen-bond acceptors (Lipinski definition) is 2.